The maximum atomic E-state index is 6.09. The van der Waals surface area contributed by atoms with E-state index >= 15 is 0 Å². The molecule has 0 aliphatic heterocycles. The van der Waals surface area contributed by atoms with Crippen LogP contribution in [0.2, 0.25) is 15.3 Å². The van der Waals surface area contributed by atoms with Gasteiger partial charge in [0.1, 0.15) is 6.33 Å². The van der Waals surface area contributed by atoms with Crippen molar-refractivity contribution in [1.29, 1.82) is 0 Å². The Balaban J connectivity index is 2.00. The lowest BCUT2D eigenvalue weighted by molar-refractivity contribution is 0.899. The molecule has 6 nitrogen and oxygen atoms in total. The first-order valence-electron chi connectivity index (χ1n) is 5.74. The van der Waals surface area contributed by atoms with Crippen molar-refractivity contribution in [2.75, 3.05) is 5.32 Å². The zero-order chi connectivity index (χ0) is 14.8. The lowest BCUT2D eigenvalue weighted by Crippen LogP contribution is -2.05. The highest BCUT2D eigenvalue weighted by Crippen LogP contribution is 2.31. The van der Waals surface area contributed by atoms with Crippen molar-refractivity contribution in [3.8, 4) is 5.95 Å². The molecule has 3 aromatic rings. The molecule has 2 aromatic heterocycles. The van der Waals surface area contributed by atoms with Gasteiger partial charge in [-0.3, -0.25) is 4.57 Å². The molecule has 21 heavy (non-hydrogen) atoms. The largest absolute Gasteiger partial charge is 0.321 e. The first-order chi connectivity index (χ1) is 10.1. The molecule has 0 saturated heterocycles. The predicted octanol–water partition coefficient (Wildman–Crippen LogP) is 3.76. The van der Waals surface area contributed by atoms with Crippen LogP contribution in [0.3, 0.4) is 0 Å². The normalized spacial score (nSPS) is 10.6. The van der Waals surface area contributed by atoms with Crippen LogP contribution in [0.25, 0.3) is 5.95 Å². The summed E-state index contributed by atoms with van der Waals surface area (Å²) < 4.78 is 1.60. The van der Waals surface area contributed by atoms with Gasteiger partial charge in [-0.1, -0.05) is 29.3 Å². The van der Waals surface area contributed by atoms with Crippen LogP contribution in [-0.2, 0) is 0 Å². The van der Waals surface area contributed by atoms with Crippen molar-refractivity contribution in [2.45, 2.75) is 0 Å². The van der Waals surface area contributed by atoms with E-state index in [0.29, 0.717) is 21.7 Å². The highest BCUT2D eigenvalue weighted by molar-refractivity contribution is 6.39. The molecule has 1 aromatic carbocycles. The average molecular weight is 342 g/mol. The molecule has 0 bridgehead atoms. The minimum atomic E-state index is 0.0411. The first kappa shape index (κ1) is 14.1. The van der Waals surface area contributed by atoms with Crippen molar-refractivity contribution >= 4 is 46.4 Å². The summed E-state index contributed by atoms with van der Waals surface area (Å²) in [4.78, 5) is 16.2. The Morgan fingerprint density at radius 1 is 1.00 bits per heavy atom. The number of para-hydroxylation sites is 1. The maximum Gasteiger partial charge on any atom is 0.241 e. The van der Waals surface area contributed by atoms with Gasteiger partial charge >= 0.3 is 0 Å². The van der Waals surface area contributed by atoms with Gasteiger partial charge in [0.05, 0.1) is 15.7 Å². The lowest BCUT2D eigenvalue weighted by atomic mass is 10.3. The SMILES string of the molecule is Clc1nc(Nc2c(Cl)cccc2Cl)nc(-n2ccnc2)n1. The van der Waals surface area contributed by atoms with Gasteiger partial charge < -0.3 is 5.32 Å². The Labute approximate surface area is 134 Å². The fraction of sp³-hybridized carbons (Fsp3) is 0. The van der Waals surface area contributed by atoms with Crippen molar-refractivity contribution in [3.63, 3.8) is 0 Å². The van der Waals surface area contributed by atoms with Crippen LogP contribution in [0.4, 0.5) is 11.6 Å². The number of nitrogens with one attached hydrogen (secondary N) is 1. The summed E-state index contributed by atoms with van der Waals surface area (Å²) in [6.45, 7) is 0. The molecule has 0 aliphatic rings. The Hall–Kier alpha value is -1.89. The number of benzene rings is 1. The number of hydrogen-bond donors (Lipinski definition) is 1. The molecule has 0 unspecified atom stereocenters. The van der Waals surface area contributed by atoms with Crippen LogP contribution in [0.1, 0.15) is 0 Å². The molecule has 0 atom stereocenters. The number of anilines is 2. The van der Waals surface area contributed by atoms with Crippen LogP contribution in [0, 0.1) is 0 Å². The van der Waals surface area contributed by atoms with Gasteiger partial charge in [0.15, 0.2) is 0 Å². The second-order valence-corrected chi connectivity index (χ2v) is 5.07. The maximum absolute atomic E-state index is 6.09. The standard InChI is InChI=1S/C12H7Cl3N6/c13-7-2-1-3-8(14)9(7)17-11-18-10(15)19-12(20-11)21-5-4-16-6-21/h1-6H,(H,17,18,19,20). The predicted molar refractivity (Wildman–Crippen MR) is 81.7 cm³/mol. The lowest BCUT2D eigenvalue weighted by Gasteiger charge is -2.09. The number of imidazole rings is 1. The molecule has 1 N–H and O–H groups in total. The smallest absolute Gasteiger partial charge is 0.241 e. The average Bonchev–Trinajstić information content (AvgIpc) is 2.97. The molecule has 9 heteroatoms. The van der Waals surface area contributed by atoms with Crippen molar-refractivity contribution in [2.24, 2.45) is 0 Å². The summed E-state index contributed by atoms with van der Waals surface area (Å²) in [6, 6.07) is 5.15. The molecule has 0 amide bonds. The summed E-state index contributed by atoms with van der Waals surface area (Å²) >= 11 is 18.1. The quantitative estimate of drug-likeness (QED) is 0.785. The summed E-state index contributed by atoms with van der Waals surface area (Å²) in [5, 5.41) is 3.88. The molecule has 106 valence electrons. The number of rotatable bonds is 3. The molecule has 0 radical (unpaired) electrons. The third-order valence-corrected chi connectivity index (χ3v) is 3.33. The van der Waals surface area contributed by atoms with Gasteiger partial charge in [-0.05, 0) is 23.7 Å². The van der Waals surface area contributed by atoms with E-state index in [4.69, 9.17) is 34.8 Å². The van der Waals surface area contributed by atoms with Crippen molar-refractivity contribution in [1.82, 2.24) is 24.5 Å². The highest BCUT2D eigenvalue weighted by Gasteiger charge is 2.10. The van der Waals surface area contributed by atoms with Crippen LogP contribution in [-0.4, -0.2) is 24.5 Å². The first-order valence-corrected chi connectivity index (χ1v) is 6.88. The van der Waals surface area contributed by atoms with Crippen LogP contribution in [0.15, 0.2) is 36.9 Å². The van der Waals surface area contributed by atoms with E-state index in [0.717, 1.165) is 0 Å². The minimum absolute atomic E-state index is 0.0411. The van der Waals surface area contributed by atoms with Gasteiger partial charge in [-0.15, -0.1) is 0 Å². The zero-order valence-electron chi connectivity index (χ0n) is 10.3. The Bertz CT molecular complexity index is 754. The van der Waals surface area contributed by atoms with E-state index in [1.165, 1.54) is 0 Å². The zero-order valence-corrected chi connectivity index (χ0v) is 12.6. The fourth-order valence-corrected chi connectivity index (χ4v) is 2.27. The van der Waals surface area contributed by atoms with E-state index in [1.807, 2.05) is 0 Å². The van der Waals surface area contributed by atoms with E-state index < -0.39 is 0 Å². The van der Waals surface area contributed by atoms with E-state index in [2.05, 4.69) is 25.3 Å². The van der Waals surface area contributed by atoms with Crippen LogP contribution < -0.4 is 5.32 Å². The molecule has 0 saturated carbocycles. The third-order valence-electron chi connectivity index (χ3n) is 2.53. The van der Waals surface area contributed by atoms with E-state index in [-0.39, 0.29) is 11.2 Å². The second kappa shape index (κ2) is 5.85. The molecular formula is C12H7Cl3N6. The van der Waals surface area contributed by atoms with Crippen molar-refractivity contribution in [3.05, 3.63) is 52.2 Å². The molecule has 2 heterocycles. The summed E-state index contributed by atoms with van der Waals surface area (Å²) in [5.74, 6) is 0.562. The van der Waals surface area contributed by atoms with Crippen molar-refractivity contribution < 1.29 is 0 Å². The molecule has 0 fully saturated rings. The number of hydrogen-bond acceptors (Lipinski definition) is 5. The van der Waals surface area contributed by atoms with Crippen LogP contribution in [0.5, 0.6) is 0 Å². The van der Waals surface area contributed by atoms with Gasteiger partial charge in [0, 0.05) is 12.4 Å². The third kappa shape index (κ3) is 3.07. The monoisotopic (exact) mass is 340 g/mol. The number of halogens is 3. The second-order valence-electron chi connectivity index (χ2n) is 3.92. The molecular weight excluding hydrogens is 335 g/mol. The van der Waals surface area contributed by atoms with Gasteiger partial charge in [0.25, 0.3) is 0 Å². The summed E-state index contributed by atoms with van der Waals surface area (Å²) in [6.07, 6.45) is 4.85. The number of aromatic nitrogens is 5. The molecule has 0 spiro atoms. The Morgan fingerprint density at radius 3 is 2.43 bits per heavy atom. The van der Waals surface area contributed by atoms with Gasteiger partial charge in [0.2, 0.25) is 17.2 Å². The molecule has 0 aliphatic carbocycles. The Morgan fingerprint density at radius 2 is 1.76 bits per heavy atom. The summed E-state index contributed by atoms with van der Waals surface area (Å²) in [7, 11) is 0. The van der Waals surface area contributed by atoms with Gasteiger partial charge in [-0.25, -0.2) is 4.98 Å². The van der Waals surface area contributed by atoms with E-state index in [1.54, 1.807) is 41.5 Å². The summed E-state index contributed by atoms with van der Waals surface area (Å²) in [5.41, 5.74) is 0.500. The topological polar surface area (TPSA) is 68.5 Å². The van der Waals surface area contributed by atoms with Crippen LogP contribution >= 0.6 is 34.8 Å². The highest BCUT2D eigenvalue weighted by atomic mass is 35.5. The minimum Gasteiger partial charge on any atom is -0.321 e. The molecule has 3 rings (SSSR count). The van der Waals surface area contributed by atoms with E-state index in [9.17, 15) is 0 Å². The van der Waals surface area contributed by atoms with Gasteiger partial charge in [-0.2, -0.15) is 15.0 Å². The fourth-order valence-electron chi connectivity index (χ4n) is 1.62. The number of nitrogens with zero attached hydrogens (tertiary/aromatic N) is 5. The Kier molecular flexibility index (Phi) is 3.92.